The van der Waals surface area contributed by atoms with Gasteiger partial charge in [-0.05, 0) is 32.6 Å². The van der Waals surface area contributed by atoms with Gasteiger partial charge in [0.2, 0.25) is 0 Å². The van der Waals surface area contributed by atoms with E-state index in [1.807, 2.05) is 6.92 Å². The monoisotopic (exact) mass is 303 g/mol. The standard InChI is InChI=1S/C12H21N3O4S/c1-8(10-3-5-19-6-4-10)15-20(17,18)12-11(7-16)9(2)13-14-12/h8,10,15-16H,3-7H2,1-2H3,(H,13,14). The first-order valence-corrected chi connectivity index (χ1v) is 8.18. The lowest BCUT2D eigenvalue weighted by molar-refractivity contribution is 0.0585. The molecule has 2 heterocycles. The van der Waals surface area contributed by atoms with Gasteiger partial charge in [0.25, 0.3) is 10.0 Å². The smallest absolute Gasteiger partial charge is 0.260 e. The summed E-state index contributed by atoms with van der Waals surface area (Å²) in [6.07, 6.45) is 1.69. The first kappa shape index (κ1) is 15.4. The van der Waals surface area contributed by atoms with Crippen molar-refractivity contribution in [3.05, 3.63) is 11.3 Å². The van der Waals surface area contributed by atoms with Gasteiger partial charge in [-0.3, -0.25) is 5.10 Å². The van der Waals surface area contributed by atoms with E-state index in [4.69, 9.17) is 4.74 Å². The maximum Gasteiger partial charge on any atom is 0.260 e. The van der Waals surface area contributed by atoms with Crippen LogP contribution in [0.2, 0.25) is 0 Å². The fourth-order valence-electron chi connectivity index (χ4n) is 2.45. The highest BCUT2D eigenvalue weighted by molar-refractivity contribution is 7.89. The number of sulfonamides is 1. The Bertz CT molecular complexity index is 549. The summed E-state index contributed by atoms with van der Waals surface area (Å²) in [4.78, 5) is 0. The van der Waals surface area contributed by atoms with E-state index in [0.717, 1.165) is 12.8 Å². The SMILES string of the molecule is Cc1[nH]nc(S(=O)(=O)NC(C)C2CCOCC2)c1CO. The van der Waals surface area contributed by atoms with Gasteiger partial charge in [0.15, 0.2) is 5.03 Å². The molecule has 1 unspecified atom stereocenters. The molecule has 1 fully saturated rings. The lowest BCUT2D eigenvalue weighted by Crippen LogP contribution is -2.40. The number of aryl methyl sites for hydroxylation is 1. The Morgan fingerprint density at radius 2 is 2.15 bits per heavy atom. The number of aromatic amines is 1. The van der Waals surface area contributed by atoms with E-state index in [1.165, 1.54) is 0 Å². The molecule has 114 valence electrons. The second-order valence-corrected chi connectivity index (χ2v) is 6.78. The van der Waals surface area contributed by atoms with Gasteiger partial charge in [0, 0.05) is 30.5 Å². The Labute approximate surface area is 118 Å². The molecule has 0 saturated carbocycles. The molecule has 0 amide bonds. The van der Waals surface area contributed by atoms with Crippen LogP contribution in [0.4, 0.5) is 0 Å². The van der Waals surface area contributed by atoms with Crippen LogP contribution in [0.15, 0.2) is 5.03 Å². The van der Waals surface area contributed by atoms with E-state index in [-0.39, 0.29) is 23.6 Å². The van der Waals surface area contributed by atoms with Crippen LogP contribution in [0, 0.1) is 12.8 Å². The molecule has 3 N–H and O–H groups in total. The Morgan fingerprint density at radius 1 is 1.50 bits per heavy atom. The van der Waals surface area contributed by atoms with Crippen LogP contribution in [-0.2, 0) is 21.4 Å². The van der Waals surface area contributed by atoms with Crippen molar-refractivity contribution < 1.29 is 18.3 Å². The number of aromatic nitrogens is 2. The van der Waals surface area contributed by atoms with Crippen LogP contribution in [0.25, 0.3) is 0 Å². The molecule has 1 saturated heterocycles. The van der Waals surface area contributed by atoms with Crippen molar-refractivity contribution in [2.24, 2.45) is 5.92 Å². The minimum Gasteiger partial charge on any atom is -0.392 e. The predicted octanol–water partition coefficient (Wildman–Crippen LogP) is 0.304. The van der Waals surface area contributed by atoms with Crippen LogP contribution < -0.4 is 4.72 Å². The summed E-state index contributed by atoms with van der Waals surface area (Å²) in [5.74, 6) is 0.260. The molecule has 20 heavy (non-hydrogen) atoms. The van der Waals surface area contributed by atoms with Crippen LogP contribution >= 0.6 is 0 Å². The van der Waals surface area contributed by atoms with Crippen molar-refractivity contribution in [3.63, 3.8) is 0 Å². The van der Waals surface area contributed by atoms with Gasteiger partial charge in [0.05, 0.1) is 6.61 Å². The fraction of sp³-hybridized carbons (Fsp3) is 0.750. The van der Waals surface area contributed by atoms with Crippen LogP contribution in [0.5, 0.6) is 0 Å². The quantitative estimate of drug-likeness (QED) is 0.726. The van der Waals surface area contributed by atoms with Gasteiger partial charge in [-0.2, -0.15) is 5.10 Å². The third-order valence-corrected chi connectivity index (χ3v) is 5.29. The molecule has 0 aromatic carbocycles. The average Bonchev–Trinajstić information content (AvgIpc) is 2.81. The summed E-state index contributed by atoms with van der Waals surface area (Å²) in [6.45, 7) is 4.51. The number of aliphatic hydroxyl groups excluding tert-OH is 1. The lowest BCUT2D eigenvalue weighted by Gasteiger charge is -2.27. The highest BCUT2D eigenvalue weighted by Gasteiger charge is 2.29. The molecular formula is C12H21N3O4S. The van der Waals surface area contributed by atoms with Crippen molar-refractivity contribution in [1.82, 2.24) is 14.9 Å². The summed E-state index contributed by atoms with van der Waals surface area (Å²) < 4.78 is 32.6. The van der Waals surface area contributed by atoms with Gasteiger partial charge in [-0.15, -0.1) is 0 Å². The number of hydrogen-bond donors (Lipinski definition) is 3. The minimum atomic E-state index is -3.72. The summed E-state index contributed by atoms with van der Waals surface area (Å²) in [6, 6.07) is -0.188. The van der Waals surface area contributed by atoms with E-state index < -0.39 is 10.0 Å². The van der Waals surface area contributed by atoms with E-state index in [9.17, 15) is 13.5 Å². The molecular weight excluding hydrogens is 282 g/mol. The second kappa shape index (κ2) is 6.21. The molecule has 0 bridgehead atoms. The summed E-state index contributed by atoms with van der Waals surface area (Å²) >= 11 is 0. The molecule has 0 aliphatic carbocycles. The van der Waals surface area contributed by atoms with Crippen molar-refractivity contribution in [3.8, 4) is 0 Å². The largest absolute Gasteiger partial charge is 0.392 e. The molecule has 1 aliphatic rings. The first-order chi connectivity index (χ1) is 9.45. The maximum atomic E-state index is 12.3. The number of aliphatic hydroxyl groups is 1. The number of nitrogens with one attached hydrogen (secondary N) is 2. The average molecular weight is 303 g/mol. The van der Waals surface area contributed by atoms with Crippen molar-refractivity contribution >= 4 is 10.0 Å². The molecule has 1 aromatic heterocycles. The summed E-state index contributed by atoms with van der Waals surface area (Å²) in [5, 5.41) is 15.5. The van der Waals surface area contributed by atoms with Crippen LogP contribution in [-0.4, -0.2) is 43.0 Å². The molecule has 0 spiro atoms. The van der Waals surface area contributed by atoms with Gasteiger partial charge >= 0.3 is 0 Å². The third kappa shape index (κ3) is 3.20. The third-order valence-electron chi connectivity index (χ3n) is 3.76. The van der Waals surface area contributed by atoms with Crippen molar-refractivity contribution in [2.45, 2.75) is 44.4 Å². The van der Waals surface area contributed by atoms with Gasteiger partial charge < -0.3 is 9.84 Å². The van der Waals surface area contributed by atoms with Gasteiger partial charge in [-0.1, -0.05) is 0 Å². The maximum absolute atomic E-state index is 12.3. The number of ether oxygens (including phenoxy) is 1. The van der Waals surface area contributed by atoms with Crippen molar-refractivity contribution in [1.29, 1.82) is 0 Å². The fourth-order valence-corrected chi connectivity index (χ4v) is 3.95. The molecule has 1 aromatic rings. The van der Waals surface area contributed by atoms with E-state index in [2.05, 4.69) is 14.9 Å². The molecule has 2 rings (SSSR count). The number of hydrogen-bond acceptors (Lipinski definition) is 5. The van der Waals surface area contributed by atoms with E-state index >= 15 is 0 Å². The number of H-pyrrole nitrogens is 1. The molecule has 1 atom stereocenters. The Kier molecular flexibility index (Phi) is 4.79. The van der Waals surface area contributed by atoms with E-state index in [0.29, 0.717) is 24.5 Å². The van der Waals surface area contributed by atoms with E-state index in [1.54, 1.807) is 6.92 Å². The lowest BCUT2D eigenvalue weighted by atomic mass is 9.94. The predicted molar refractivity (Wildman–Crippen MR) is 72.6 cm³/mol. The molecule has 8 heteroatoms. The topological polar surface area (TPSA) is 104 Å². The molecule has 0 radical (unpaired) electrons. The highest BCUT2D eigenvalue weighted by atomic mass is 32.2. The second-order valence-electron chi connectivity index (χ2n) is 5.15. The zero-order valence-corrected chi connectivity index (χ0v) is 12.5. The van der Waals surface area contributed by atoms with Crippen molar-refractivity contribution in [2.75, 3.05) is 13.2 Å². The Morgan fingerprint density at radius 3 is 2.75 bits per heavy atom. The zero-order valence-electron chi connectivity index (χ0n) is 11.7. The molecule has 7 nitrogen and oxygen atoms in total. The zero-order chi connectivity index (χ0) is 14.8. The highest BCUT2D eigenvalue weighted by Crippen LogP contribution is 2.21. The Balaban J connectivity index is 2.13. The minimum absolute atomic E-state index is 0.114. The van der Waals surface area contributed by atoms with Gasteiger partial charge in [0.1, 0.15) is 0 Å². The van der Waals surface area contributed by atoms with Crippen LogP contribution in [0.3, 0.4) is 0 Å². The molecule has 1 aliphatic heterocycles. The summed E-state index contributed by atoms with van der Waals surface area (Å²) in [7, 11) is -3.72. The Hall–Kier alpha value is -0.960. The first-order valence-electron chi connectivity index (χ1n) is 6.70. The summed E-state index contributed by atoms with van der Waals surface area (Å²) in [5.41, 5.74) is 0.878. The number of rotatable bonds is 5. The van der Waals surface area contributed by atoms with Crippen LogP contribution in [0.1, 0.15) is 31.0 Å². The van der Waals surface area contributed by atoms with Gasteiger partial charge in [-0.25, -0.2) is 13.1 Å². The number of nitrogens with zero attached hydrogens (tertiary/aromatic N) is 1. The normalized spacial score (nSPS) is 19.1.